The summed E-state index contributed by atoms with van der Waals surface area (Å²) < 4.78 is 10.6. The van der Waals surface area contributed by atoms with Crippen molar-refractivity contribution in [2.75, 3.05) is 38.7 Å². The Labute approximate surface area is 188 Å². The summed E-state index contributed by atoms with van der Waals surface area (Å²) in [5.41, 5.74) is -0.243. The first-order chi connectivity index (χ1) is 15.3. The molecule has 2 aromatic rings. The topological polar surface area (TPSA) is 97.0 Å². The highest BCUT2D eigenvalue weighted by Gasteiger charge is 2.35. The molecule has 172 valence electrons. The van der Waals surface area contributed by atoms with Gasteiger partial charge in [0.1, 0.15) is 17.9 Å². The molecule has 0 saturated carbocycles. The monoisotopic (exact) mass is 441 g/mol. The maximum atomic E-state index is 12.5. The van der Waals surface area contributed by atoms with E-state index in [0.717, 1.165) is 0 Å². The third-order valence-corrected chi connectivity index (χ3v) is 4.99. The first kappa shape index (κ1) is 24.9. The summed E-state index contributed by atoms with van der Waals surface area (Å²) >= 11 is 0. The SMILES string of the molecule is CCN(CC)C(=O)c1cccc(NC(=O)CNC(C)(COc2ccccc2)C(=O)OC)c1. The minimum absolute atomic E-state index is 0.0230. The molecule has 32 heavy (non-hydrogen) atoms. The van der Waals surface area contributed by atoms with Gasteiger partial charge in [-0.3, -0.25) is 14.9 Å². The molecule has 2 N–H and O–H groups in total. The molecule has 0 bridgehead atoms. The number of para-hydroxylation sites is 1. The molecule has 2 aromatic carbocycles. The van der Waals surface area contributed by atoms with Crippen LogP contribution < -0.4 is 15.4 Å². The largest absolute Gasteiger partial charge is 0.491 e. The fourth-order valence-electron chi connectivity index (χ4n) is 3.06. The Bertz CT molecular complexity index is 915. The highest BCUT2D eigenvalue weighted by atomic mass is 16.5. The molecule has 2 amide bonds. The van der Waals surface area contributed by atoms with Gasteiger partial charge in [-0.15, -0.1) is 0 Å². The molecule has 0 heterocycles. The van der Waals surface area contributed by atoms with Crippen LogP contribution in [0.4, 0.5) is 5.69 Å². The Kier molecular flexibility index (Phi) is 9.22. The van der Waals surface area contributed by atoms with Gasteiger partial charge in [0.25, 0.3) is 5.91 Å². The van der Waals surface area contributed by atoms with E-state index in [1.54, 1.807) is 48.2 Å². The summed E-state index contributed by atoms with van der Waals surface area (Å²) in [7, 11) is 1.28. The average Bonchev–Trinajstić information content (AvgIpc) is 2.82. The molecule has 8 heteroatoms. The standard InChI is InChI=1S/C24H31N3O5/c1-5-27(6-2)22(29)18-11-10-12-19(15-18)26-21(28)16-25-24(3,23(30)31-4)17-32-20-13-8-7-9-14-20/h7-15,25H,5-6,16-17H2,1-4H3,(H,26,28). The summed E-state index contributed by atoms with van der Waals surface area (Å²) in [6.07, 6.45) is 0. The Hall–Kier alpha value is -3.39. The van der Waals surface area contributed by atoms with E-state index in [4.69, 9.17) is 9.47 Å². The second-order valence-electron chi connectivity index (χ2n) is 7.39. The first-order valence-corrected chi connectivity index (χ1v) is 10.5. The number of benzene rings is 2. The number of methoxy groups -OCH3 is 1. The maximum Gasteiger partial charge on any atom is 0.329 e. The summed E-state index contributed by atoms with van der Waals surface area (Å²) in [5, 5.41) is 5.67. The van der Waals surface area contributed by atoms with Crippen molar-refractivity contribution in [2.45, 2.75) is 26.3 Å². The summed E-state index contributed by atoms with van der Waals surface area (Å²) in [4.78, 5) is 39.1. The van der Waals surface area contributed by atoms with Crippen LogP contribution in [0.2, 0.25) is 0 Å². The molecule has 2 rings (SSSR count). The van der Waals surface area contributed by atoms with E-state index >= 15 is 0 Å². The summed E-state index contributed by atoms with van der Waals surface area (Å²) in [6.45, 7) is 6.47. The molecular weight excluding hydrogens is 410 g/mol. The lowest BCUT2D eigenvalue weighted by molar-refractivity contribution is -0.149. The molecular formula is C24H31N3O5. The minimum Gasteiger partial charge on any atom is -0.491 e. The van der Waals surface area contributed by atoms with Crippen LogP contribution in [0, 0.1) is 0 Å². The number of nitrogens with one attached hydrogen (secondary N) is 2. The van der Waals surface area contributed by atoms with Gasteiger partial charge in [-0.2, -0.15) is 0 Å². The summed E-state index contributed by atoms with van der Waals surface area (Å²) in [5.74, 6) is -0.413. The highest BCUT2D eigenvalue weighted by molar-refractivity contribution is 5.97. The third-order valence-electron chi connectivity index (χ3n) is 4.99. The van der Waals surface area contributed by atoms with E-state index in [1.165, 1.54) is 7.11 Å². The van der Waals surface area contributed by atoms with Gasteiger partial charge in [0, 0.05) is 24.3 Å². The maximum absolute atomic E-state index is 12.5. The van der Waals surface area contributed by atoms with Gasteiger partial charge in [0.2, 0.25) is 5.91 Å². The normalized spacial score (nSPS) is 12.4. The number of anilines is 1. The van der Waals surface area contributed by atoms with E-state index < -0.39 is 11.5 Å². The number of carbonyl (C=O) groups excluding carboxylic acids is 3. The van der Waals surface area contributed by atoms with Crippen molar-refractivity contribution >= 4 is 23.5 Å². The van der Waals surface area contributed by atoms with Crippen LogP contribution in [0.3, 0.4) is 0 Å². The molecule has 1 unspecified atom stereocenters. The Balaban J connectivity index is 2.00. The van der Waals surface area contributed by atoms with Crippen molar-refractivity contribution in [3.63, 3.8) is 0 Å². The molecule has 0 saturated heterocycles. The lowest BCUT2D eigenvalue weighted by Gasteiger charge is -2.27. The molecule has 0 fully saturated rings. The van der Waals surface area contributed by atoms with Crippen LogP contribution in [-0.2, 0) is 14.3 Å². The average molecular weight is 442 g/mol. The molecule has 8 nitrogen and oxygen atoms in total. The van der Waals surface area contributed by atoms with Crippen molar-refractivity contribution < 1.29 is 23.9 Å². The number of hydrogen-bond donors (Lipinski definition) is 2. The molecule has 0 radical (unpaired) electrons. The molecule has 0 aliphatic carbocycles. The molecule has 0 spiro atoms. The van der Waals surface area contributed by atoms with Crippen molar-refractivity contribution in [1.29, 1.82) is 0 Å². The van der Waals surface area contributed by atoms with Crippen molar-refractivity contribution in [2.24, 2.45) is 0 Å². The number of hydrogen-bond acceptors (Lipinski definition) is 6. The summed E-state index contributed by atoms with van der Waals surface area (Å²) in [6, 6.07) is 15.8. The van der Waals surface area contributed by atoms with Crippen LogP contribution >= 0.6 is 0 Å². The minimum atomic E-state index is -1.23. The van der Waals surface area contributed by atoms with Crippen LogP contribution in [-0.4, -0.2) is 61.6 Å². The zero-order valence-corrected chi connectivity index (χ0v) is 19.0. The lowest BCUT2D eigenvalue weighted by Crippen LogP contribution is -2.56. The van der Waals surface area contributed by atoms with E-state index in [9.17, 15) is 14.4 Å². The smallest absolute Gasteiger partial charge is 0.329 e. The van der Waals surface area contributed by atoms with E-state index in [-0.39, 0.29) is 25.0 Å². The number of amides is 2. The van der Waals surface area contributed by atoms with E-state index in [2.05, 4.69) is 10.6 Å². The number of nitrogens with zero attached hydrogens (tertiary/aromatic N) is 1. The first-order valence-electron chi connectivity index (χ1n) is 10.5. The van der Waals surface area contributed by atoms with Gasteiger partial charge in [0.05, 0.1) is 13.7 Å². The van der Waals surface area contributed by atoms with Crippen LogP contribution in [0.1, 0.15) is 31.1 Å². The van der Waals surface area contributed by atoms with Crippen molar-refractivity contribution in [3.8, 4) is 5.75 Å². The van der Waals surface area contributed by atoms with Crippen LogP contribution in [0.15, 0.2) is 54.6 Å². The van der Waals surface area contributed by atoms with Gasteiger partial charge in [-0.1, -0.05) is 24.3 Å². The van der Waals surface area contributed by atoms with Gasteiger partial charge < -0.3 is 19.7 Å². The van der Waals surface area contributed by atoms with Gasteiger partial charge in [-0.25, -0.2) is 4.79 Å². The van der Waals surface area contributed by atoms with Crippen molar-refractivity contribution in [3.05, 3.63) is 60.2 Å². The fraction of sp³-hybridized carbons (Fsp3) is 0.375. The second kappa shape index (κ2) is 11.9. The number of ether oxygens (including phenoxy) is 2. The lowest BCUT2D eigenvalue weighted by atomic mass is 10.0. The highest BCUT2D eigenvalue weighted by Crippen LogP contribution is 2.15. The zero-order valence-electron chi connectivity index (χ0n) is 19.0. The predicted octanol–water partition coefficient (Wildman–Crippen LogP) is 2.71. The van der Waals surface area contributed by atoms with Crippen molar-refractivity contribution in [1.82, 2.24) is 10.2 Å². The Morgan fingerprint density at radius 1 is 1.00 bits per heavy atom. The second-order valence-corrected chi connectivity index (χ2v) is 7.39. The van der Waals surface area contributed by atoms with Crippen LogP contribution in [0.25, 0.3) is 0 Å². The van der Waals surface area contributed by atoms with Gasteiger partial charge in [0.15, 0.2) is 0 Å². The van der Waals surface area contributed by atoms with E-state index in [1.807, 2.05) is 32.0 Å². The predicted molar refractivity (Wildman–Crippen MR) is 123 cm³/mol. The molecule has 1 atom stereocenters. The molecule has 0 aromatic heterocycles. The van der Waals surface area contributed by atoms with Gasteiger partial charge >= 0.3 is 5.97 Å². The number of rotatable bonds is 11. The Morgan fingerprint density at radius 2 is 1.69 bits per heavy atom. The zero-order chi connectivity index (χ0) is 23.6. The number of carbonyl (C=O) groups is 3. The molecule has 0 aliphatic rings. The third kappa shape index (κ3) is 6.81. The van der Waals surface area contributed by atoms with Gasteiger partial charge in [-0.05, 0) is 51.1 Å². The molecule has 0 aliphatic heterocycles. The quantitative estimate of drug-likeness (QED) is 0.521. The fourth-order valence-corrected chi connectivity index (χ4v) is 3.06. The van der Waals surface area contributed by atoms with E-state index in [0.29, 0.717) is 30.1 Å². The van der Waals surface area contributed by atoms with Crippen LogP contribution in [0.5, 0.6) is 5.75 Å². The Morgan fingerprint density at radius 3 is 2.31 bits per heavy atom. The number of esters is 1.